The van der Waals surface area contributed by atoms with Crippen LogP contribution in [0.5, 0.6) is 0 Å². The van der Waals surface area contributed by atoms with Gasteiger partial charge in [-0.1, -0.05) is 81.4 Å². The molecule has 208 valence electrons. The highest BCUT2D eigenvalue weighted by Gasteiger charge is 2.59. The van der Waals surface area contributed by atoms with Gasteiger partial charge in [-0.2, -0.15) is 0 Å². The molecular weight excluding hydrogens is 518 g/mol. The number of nitrogens with zero attached hydrogens (tertiary/aromatic N) is 1. The molecule has 0 saturated carbocycles. The lowest BCUT2D eigenvalue weighted by Crippen LogP contribution is -2.67. The van der Waals surface area contributed by atoms with E-state index >= 15 is 0 Å². The van der Waals surface area contributed by atoms with Crippen molar-refractivity contribution in [1.82, 2.24) is 4.90 Å². The second-order valence-corrected chi connectivity index (χ2v) is 16.6. The molecule has 1 fully saturated rings. The molecule has 0 aromatic heterocycles. The Labute approximate surface area is 233 Å². The van der Waals surface area contributed by atoms with Crippen molar-refractivity contribution in [2.45, 2.75) is 83.1 Å². The smallest absolute Gasteiger partial charge is 0.411 e. The highest BCUT2D eigenvalue weighted by molar-refractivity contribution is 6.99. The minimum atomic E-state index is -2.92. The molecule has 0 N–H and O–H groups in total. The summed E-state index contributed by atoms with van der Waals surface area (Å²) in [7, 11) is -1.57. The average Bonchev–Trinajstić information content (AvgIpc) is 3.24. The van der Waals surface area contributed by atoms with Gasteiger partial charge in [-0.15, -0.1) is 11.6 Å². The molecule has 2 aromatic carbocycles. The zero-order valence-electron chi connectivity index (χ0n) is 23.8. The first kappa shape index (κ1) is 30.2. The largest absolute Gasteiger partial charge is 0.467 e. The minimum Gasteiger partial charge on any atom is -0.467 e. The van der Waals surface area contributed by atoms with Crippen LogP contribution in [0.3, 0.4) is 0 Å². The summed E-state index contributed by atoms with van der Waals surface area (Å²) in [5, 5.41) is 2.02. The van der Waals surface area contributed by atoms with Gasteiger partial charge in [0.05, 0.1) is 19.8 Å². The summed E-state index contributed by atoms with van der Waals surface area (Å²) in [5.74, 6) is -0.108. The minimum absolute atomic E-state index is 0.219. The topological polar surface area (TPSA) is 65.1 Å². The Kier molecular flexibility index (Phi) is 9.38. The van der Waals surface area contributed by atoms with Gasteiger partial charge in [0.15, 0.2) is 0 Å². The molecule has 0 radical (unpaired) electrons. The standard InChI is InChI=1S/C30H42ClNO5Si/c1-28(2,3)36-27(34)32-22-23(21-30(32,19-14-20-31)26(33)35-7)37-38(29(4,5)6,24-15-10-8-11-16-24)25-17-12-9-13-18-25/h8-13,15-18,23H,14,19-22H2,1-7H3. The van der Waals surface area contributed by atoms with Crippen LogP contribution in [0.15, 0.2) is 60.7 Å². The van der Waals surface area contributed by atoms with Gasteiger partial charge >= 0.3 is 12.1 Å². The molecule has 1 aliphatic rings. The number of methoxy groups -OCH3 is 1. The Morgan fingerprint density at radius 1 is 0.974 bits per heavy atom. The lowest BCUT2D eigenvalue weighted by molar-refractivity contribution is -0.153. The first-order chi connectivity index (χ1) is 17.8. The van der Waals surface area contributed by atoms with E-state index in [2.05, 4.69) is 45.0 Å². The summed E-state index contributed by atoms with van der Waals surface area (Å²) in [6.45, 7) is 12.3. The van der Waals surface area contributed by atoms with Crippen molar-refractivity contribution in [2.75, 3.05) is 19.5 Å². The lowest BCUT2D eigenvalue weighted by atomic mass is 9.90. The summed E-state index contributed by atoms with van der Waals surface area (Å²) in [4.78, 5) is 28.5. The molecule has 1 aliphatic heterocycles. The molecule has 1 heterocycles. The normalized spacial score (nSPS) is 20.3. The zero-order valence-corrected chi connectivity index (χ0v) is 25.5. The summed E-state index contributed by atoms with van der Waals surface area (Å²) in [6.07, 6.45) is 0.250. The molecule has 6 nitrogen and oxygen atoms in total. The summed E-state index contributed by atoms with van der Waals surface area (Å²) >= 11 is 6.08. The molecule has 2 unspecified atom stereocenters. The molecule has 0 bridgehead atoms. The van der Waals surface area contributed by atoms with Crippen LogP contribution < -0.4 is 10.4 Å². The van der Waals surface area contributed by atoms with Crippen molar-refractivity contribution in [3.8, 4) is 0 Å². The number of likely N-dealkylation sites (tertiary alicyclic amines) is 1. The van der Waals surface area contributed by atoms with Crippen LogP contribution in [0, 0.1) is 0 Å². The van der Waals surface area contributed by atoms with Gasteiger partial charge < -0.3 is 13.9 Å². The number of rotatable bonds is 8. The van der Waals surface area contributed by atoms with Crippen LogP contribution in [0.1, 0.15) is 60.8 Å². The number of hydrogen-bond acceptors (Lipinski definition) is 5. The number of carbonyl (C=O) groups is 2. The first-order valence-corrected chi connectivity index (χ1v) is 15.7. The van der Waals surface area contributed by atoms with Gasteiger partial charge in [-0.05, 0) is 49.0 Å². The van der Waals surface area contributed by atoms with E-state index in [0.717, 1.165) is 10.4 Å². The van der Waals surface area contributed by atoms with E-state index in [1.165, 1.54) is 12.0 Å². The summed E-state index contributed by atoms with van der Waals surface area (Å²) in [5.41, 5.74) is -1.94. The van der Waals surface area contributed by atoms with Crippen LogP contribution in [0.25, 0.3) is 0 Å². The Morgan fingerprint density at radius 3 is 1.92 bits per heavy atom. The highest BCUT2D eigenvalue weighted by atomic mass is 35.5. The molecular formula is C30H42ClNO5Si. The van der Waals surface area contributed by atoms with Crippen LogP contribution in [-0.2, 0) is 18.7 Å². The van der Waals surface area contributed by atoms with E-state index in [0.29, 0.717) is 25.1 Å². The Hall–Kier alpha value is -2.35. The average molecular weight is 560 g/mol. The second kappa shape index (κ2) is 11.8. The van der Waals surface area contributed by atoms with Crippen LogP contribution in [-0.4, -0.2) is 62.1 Å². The zero-order chi connectivity index (χ0) is 28.2. The third-order valence-electron chi connectivity index (χ3n) is 7.13. The maximum Gasteiger partial charge on any atom is 0.411 e. The van der Waals surface area contributed by atoms with Crippen molar-refractivity contribution >= 4 is 42.4 Å². The van der Waals surface area contributed by atoms with Gasteiger partial charge in [-0.3, -0.25) is 4.90 Å². The SMILES string of the molecule is COC(=O)C1(CCCCl)CC(O[Si](c2ccccc2)(c2ccccc2)C(C)(C)C)CN1C(=O)OC(C)(C)C. The van der Waals surface area contributed by atoms with Crippen LogP contribution in [0.4, 0.5) is 4.79 Å². The van der Waals surface area contributed by atoms with Gasteiger partial charge in [0, 0.05) is 12.3 Å². The van der Waals surface area contributed by atoms with E-state index < -0.39 is 37.6 Å². The number of ether oxygens (including phenoxy) is 2. The number of amides is 1. The number of benzene rings is 2. The van der Waals surface area contributed by atoms with E-state index in [1.807, 2.05) is 57.2 Å². The van der Waals surface area contributed by atoms with Crippen molar-refractivity contribution in [3.05, 3.63) is 60.7 Å². The van der Waals surface area contributed by atoms with Gasteiger partial charge in [0.2, 0.25) is 0 Å². The highest BCUT2D eigenvalue weighted by Crippen LogP contribution is 2.43. The fourth-order valence-corrected chi connectivity index (χ4v) is 10.4. The summed E-state index contributed by atoms with van der Waals surface area (Å²) in [6, 6.07) is 20.7. The molecule has 3 rings (SSSR count). The number of carbonyl (C=O) groups excluding carboxylic acids is 2. The number of esters is 1. The van der Waals surface area contributed by atoms with Crippen LogP contribution in [0.2, 0.25) is 5.04 Å². The van der Waals surface area contributed by atoms with Crippen molar-refractivity contribution in [2.24, 2.45) is 0 Å². The molecule has 2 aromatic rings. The lowest BCUT2D eigenvalue weighted by Gasteiger charge is -2.44. The van der Waals surface area contributed by atoms with E-state index in [4.69, 9.17) is 25.5 Å². The van der Waals surface area contributed by atoms with Crippen molar-refractivity contribution in [3.63, 3.8) is 0 Å². The second-order valence-electron chi connectivity index (χ2n) is 12.0. The molecule has 1 saturated heterocycles. The van der Waals surface area contributed by atoms with Crippen molar-refractivity contribution in [1.29, 1.82) is 0 Å². The number of halogens is 1. The fraction of sp³-hybridized carbons (Fsp3) is 0.533. The monoisotopic (exact) mass is 559 g/mol. The Balaban J connectivity index is 2.15. The van der Waals surface area contributed by atoms with E-state index in [9.17, 15) is 9.59 Å². The predicted octanol–water partition coefficient (Wildman–Crippen LogP) is 5.50. The van der Waals surface area contributed by atoms with E-state index in [1.54, 1.807) is 0 Å². The quantitative estimate of drug-likeness (QED) is 0.243. The van der Waals surface area contributed by atoms with Gasteiger partial charge in [0.1, 0.15) is 11.1 Å². The molecule has 1 amide bonds. The molecule has 8 heteroatoms. The number of alkyl halides is 1. The molecule has 0 spiro atoms. The first-order valence-electron chi connectivity index (χ1n) is 13.2. The van der Waals surface area contributed by atoms with E-state index in [-0.39, 0.29) is 11.6 Å². The van der Waals surface area contributed by atoms with Gasteiger partial charge in [0.25, 0.3) is 8.32 Å². The maximum atomic E-state index is 13.5. The number of hydrogen-bond donors (Lipinski definition) is 0. The van der Waals surface area contributed by atoms with Crippen LogP contribution >= 0.6 is 11.6 Å². The molecule has 38 heavy (non-hydrogen) atoms. The third kappa shape index (κ3) is 6.10. The Bertz CT molecular complexity index is 1040. The fourth-order valence-electron chi connectivity index (χ4n) is 5.60. The Morgan fingerprint density at radius 2 is 1.50 bits per heavy atom. The maximum absolute atomic E-state index is 13.5. The third-order valence-corrected chi connectivity index (χ3v) is 12.5. The molecule has 0 aliphatic carbocycles. The van der Waals surface area contributed by atoms with Crippen molar-refractivity contribution < 1.29 is 23.5 Å². The van der Waals surface area contributed by atoms with Gasteiger partial charge in [-0.25, -0.2) is 9.59 Å². The summed E-state index contributed by atoms with van der Waals surface area (Å²) < 4.78 is 18.4. The molecule has 2 atom stereocenters. The predicted molar refractivity (Wildman–Crippen MR) is 155 cm³/mol.